The van der Waals surface area contributed by atoms with Gasteiger partial charge in [-0.3, -0.25) is 0 Å². The summed E-state index contributed by atoms with van der Waals surface area (Å²) >= 11 is 1.80. The molecule has 2 rings (SSSR count). The van der Waals surface area contributed by atoms with Gasteiger partial charge in [-0.1, -0.05) is 30.4 Å². The van der Waals surface area contributed by atoms with E-state index in [1.165, 1.54) is 20.7 Å². The molecule has 0 unspecified atom stereocenters. The van der Waals surface area contributed by atoms with Crippen molar-refractivity contribution in [3.63, 3.8) is 0 Å². The molecule has 72 valence electrons. The zero-order valence-electron chi connectivity index (χ0n) is 8.37. The maximum Gasteiger partial charge on any atom is 0.0965 e. The molecule has 2 heteroatoms. The van der Waals surface area contributed by atoms with Crippen LogP contribution in [0, 0.1) is 0 Å². The average Bonchev–Trinajstić information content (AvgIpc) is 2.58. The van der Waals surface area contributed by atoms with Crippen molar-refractivity contribution in [1.29, 1.82) is 0 Å². The highest BCUT2D eigenvalue weighted by molar-refractivity contribution is 7.23. The SMILES string of the molecule is C/C=C\c1c(NC)sc2ccccc12. The summed E-state index contributed by atoms with van der Waals surface area (Å²) in [7, 11) is 1.97. The van der Waals surface area contributed by atoms with E-state index in [2.05, 4.69) is 41.7 Å². The molecule has 1 heterocycles. The highest BCUT2D eigenvalue weighted by Gasteiger charge is 2.06. The zero-order valence-corrected chi connectivity index (χ0v) is 9.19. The number of fused-ring (bicyclic) bond motifs is 1. The molecule has 1 nitrogen and oxygen atoms in total. The highest BCUT2D eigenvalue weighted by atomic mass is 32.1. The zero-order chi connectivity index (χ0) is 9.97. The van der Waals surface area contributed by atoms with E-state index in [0.717, 1.165) is 0 Å². The van der Waals surface area contributed by atoms with Crippen molar-refractivity contribution in [2.24, 2.45) is 0 Å². The predicted molar refractivity (Wildman–Crippen MR) is 66.1 cm³/mol. The minimum Gasteiger partial charge on any atom is -0.379 e. The Morgan fingerprint density at radius 1 is 1.29 bits per heavy atom. The Bertz CT molecular complexity index is 468. The third-order valence-corrected chi connectivity index (χ3v) is 3.40. The summed E-state index contributed by atoms with van der Waals surface area (Å²) in [4.78, 5) is 0. The number of allylic oxidation sites excluding steroid dienone is 1. The molecular formula is C12H13NS. The van der Waals surface area contributed by atoms with E-state index in [1.807, 2.05) is 14.0 Å². The van der Waals surface area contributed by atoms with Gasteiger partial charge < -0.3 is 5.32 Å². The molecule has 1 N–H and O–H groups in total. The first-order valence-electron chi connectivity index (χ1n) is 4.68. The van der Waals surface area contributed by atoms with Gasteiger partial charge in [0.15, 0.2) is 0 Å². The smallest absolute Gasteiger partial charge is 0.0965 e. The fraction of sp³-hybridized carbons (Fsp3) is 0.167. The van der Waals surface area contributed by atoms with Crippen molar-refractivity contribution in [1.82, 2.24) is 0 Å². The van der Waals surface area contributed by atoms with Gasteiger partial charge in [-0.2, -0.15) is 0 Å². The van der Waals surface area contributed by atoms with Crippen LogP contribution in [-0.4, -0.2) is 7.05 Å². The normalized spacial score (nSPS) is 11.3. The van der Waals surface area contributed by atoms with Gasteiger partial charge in [0.05, 0.1) is 5.00 Å². The van der Waals surface area contributed by atoms with Gasteiger partial charge in [0, 0.05) is 22.7 Å². The van der Waals surface area contributed by atoms with Crippen LogP contribution in [0.4, 0.5) is 5.00 Å². The Hall–Kier alpha value is -1.28. The van der Waals surface area contributed by atoms with Crippen molar-refractivity contribution in [2.45, 2.75) is 6.92 Å². The summed E-state index contributed by atoms with van der Waals surface area (Å²) in [6, 6.07) is 8.50. The van der Waals surface area contributed by atoms with E-state index in [4.69, 9.17) is 0 Å². The first-order valence-corrected chi connectivity index (χ1v) is 5.50. The minimum atomic E-state index is 1.24. The second kappa shape index (κ2) is 3.84. The molecule has 0 aliphatic heterocycles. The molecule has 2 aromatic rings. The topological polar surface area (TPSA) is 12.0 Å². The maximum atomic E-state index is 3.24. The molecule has 0 atom stereocenters. The summed E-state index contributed by atoms with van der Waals surface area (Å²) in [5.41, 5.74) is 1.30. The van der Waals surface area contributed by atoms with Crippen LogP contribution in [0.15, 0.2) is 30.3 Å². The number of benzene rings is 1. The van der Waals surface area contributed by atoms with Crippen molar-refractivity contribution in [3.05, 3.63) is 35.9 Å². The van der Waals surface area contributed by atoms with Gasteiger partial charge in [-0.15, -0.1) is 11.3 Å². The minimum absolute atomic E-state index is 1.24. The van der Waals surface area contributed by atoms with Gasteiger partial charge in [-0.05, 0) is 13.0 Å². The lowest BCUT2D eigenvalue weighted by molar-refractivity contribution is 1.58. The first kappa shape index (κ1) is 9.28. The summed E-state index contributed by atoms with van der Waals surface area (Å²) in [6.45, 7) is 2.05. The van der Waals surface area contributed by atoms with Crippen LogP contribution in [-0.2, 0) is 0 Å². The standard InChI is InChI=1S/C12H13NS/c1-3-6-10-9-7-4-5-8-11(9)14-12(10)13-2/h3-8,13H,1-2H3/b6-3-. The Morgan fingerprint density at radius 3 is 2.79 bits per heavy atom. The summed E-state index contributed by atoms with van der Waals surface area (Å²) in [5, 5.41) is 5.81. The molecule has 0 amide bonds. The Balaban J connectivity index is 2.74. The van der Waals surface area contributed by atoms with E-state index in [1.54, 1.807) is 11.3 Å². The van der Waals surface area contributed by atoms with Gasteiger partial charge in [0.1, 0.15) is 0 Å². The molecule has 0 radical (unpaired) electrons. The summed E-state index contributed by atoms with van der Waals surface area (Å²) in [6.07, 6.45) is 4.24. The Kier molecular flexibility index (Phi) is 2.55. The fourth-order valence-electron chi connectivity index (χ4n) is 1.58. The molecule has 0 fully saturated rings. The summed E-state index contributed by atoms with van der Waals surface area (Å²) < 4.78 is 1.34. The van der Waals surface area contributed by atoms with Crippen molar-refractivity contribution in [3.8, 4) is 0 Å². The molecule has 0 aliphatic carbocycles. The van der Waals surface area contributed by atoms with Gasteiger partial charge in [0.25, 0.3) is 0 Å². The Labute approximate surface area is 88.1 Å². The van der Waals surface area contributed by atoms with E-state index >= 15 is 0 Å². The van der Waals surface area contributed by atoms with Crippen molar-refractivity contribution < 1.29 is 0 Å². The lowest BCUT2D eigenvalue weighted by Crippen LogP contribution is -1.85. The number of thiophene rings is 1. The molecule has 14 heavy (non-hydrogen) atoms. The predicted octanol–water partition coefficient (Wildman–Crippen LogP) is 3.98. The van der Waals surface area contributed by atoms with Crippen LogP contribution < -0.4 is 5.32 Å². The van der Waals surface area contributed by atoms with Crippen LogP contribution in [0.25, 0.3) is 16.2 Å². The molecule has 0 saturated carbocycles. The molecule has 0 spiro atoms. The highest BCUT2D eigenvalue weighted by Crippen LogP contribution is 2.35. The van der Waals surface area contributed by atoms with Crippen LogP contribution in [0.2, 0.25) is 0 Å². The molecular weight excluding hydrogens is 190 g/mol. The van der Waals surface area contributed by atoms with Crippen molar-refractivity contribution >= 4 is 32.5 Å². The van der Waals surface area contributed by atoms with Crippen LogP contribution in [0.5, 0.6) is 0 Å². The van der Waals surface area contributed by atoms with Crippen molar-refractivity contribution in [2.75, 3.05) is 12.4 Å². The largest absolute Gasteiger partial charge is 0.379 e. The second-order valence-corrected chi connectivity index (χ2v) is 4.14. The second-order valence-electron chi connectivity index (χ2n) is 3.09. The molecule has 0 aliphatic rings. The first-order chi connectivity index (χ1) is 6.86. The third kappa shape index (κ3) is 1.42. The van der Waals surface area contributed by atoms with Crippen LogP contribution in [0.1, 0.15) is 12.5 Å². The van der Waals surface area contributed by atoms with E-state index in [-0.39, 0.29) is 0 Å². The van der Waals surface area contributed by atoms with Crippen LogP contribution in [0.3, 0.4) is 0 Å². The van der Waals surface area contributed by atoms with Gasteiger partial charge in [-0.25, -0.2) is 0 Å². The average molecular weight is 203 g/mol. The number of hydrogen-bond donors (Lipinski definition) is 1. The number of nitrogens with one attached hydrogen (secondary N) is 1. The molecule has 1 aromatic heterocycles. The third-order valence-electron chi connectivity index (χ3n) is 2.19. The van der Waals surface area contributed by atoms with Gasteiger partial charge in [0.2, 0.25) is 0 Å². The summed E-state index contributed by atoms with van der Waals surface area (Å²) in [5.74, 6) is 0. The van der Waals surface area contributed by atoms with E-state index < -0.39 is 0 Å². The molecule has 0 bridgehead atoms. The van der Waals surface area contributed by atoms with Crippen LogP contribution >= 0.6 is 11.3 Å². The van der Waals surface area contributed by atoms with Gasteiger partial charge >= 0.3 is 0 Å². The number of anilines is 1. The van der Waals surface area contributed by atoms with E-state index in [0.29, 0.717) is 0 Å². The monoisotopic (exact) mass is 203 g/mol. The fourth-order valence-corrected chi connectivity index (χ4v) is 2.63. The molecule has 1 aromatic carbocycles. The quantitative estimate of drug-likeness (QED) is 0.778. The lowest BCUT2D eigenvalue weighted by atomic mass is 10.1. The Morgan fingerprint density at radius 2 is 2.07 bits per heavy atom. The maximum absolute atomic E-state index is 3.24. The molecule has 0 saturated heterocycles. The van der Waals surface area contributed by atoms with E-state index in [9.17, 15) is 0 Å². The number of hydrogen-bond acceptors (Lipinski definition) is 2. The lowest BCUT2D eigenvalue weighted by Gasteiger charge is -1.96. The number of rotatable bonds is 2.